The molecule has 3 rings (SSSR count). The first-order valence-electron chi connectivity index (χ1n) is 8.31. The molecule has 0 saturated carbocycles. The average molecular weight is 447 g/mol. The molecule has 2 aromatic heterocycles. The van der Waals surface area contributed by atoms with Crippen molar-refractivity contribution in [2.75, 3.05) is 5.32 Å². The molecule has 27 heavy (non-hydrogen) atoms. The van der Waals surface area contributed by atoms with Crippen molar-refractivity contribution in [3.8, 4) is 11.4 Å². The fourth-order valence-corrected chi connectivity index (χ4v) is 3.77. The lowest BCUT2D eigenvalue weighted by Gasteiger charge is -2.13. The second-order valence-corrected chi connectivity index (χ2v) is 8.08. The summed E-state index contributed by atoms with van der Waals surface area (Å²) in [5, 5.41) is 11.8. The summed E-state index contributed by atoms with van der Waals surface area (Å²) >= 11 is 4.75. The molecule has 0 radical (unpaired) electrons. The standard InChI is InChI=1S/C19H19BrN4O2S/c1-4-9-24-17(16-8-10-26-12(16)2)22-23-19(24)27-13(3)18(25)21-15-7-5-6-14(20)11-15/h4-8,10-11,13H,1,9H2,2-3H3,(H,21,25). The molecular weight excluding hydrogens is 428 g/mol. The Balaban J connectivity index is 1.78. The van der Waals surface area contributed by atoms with Gasteiger partial charge in [0.1, 0.15) is 5.76 Å². The molecule has 0 bridgehead atoms. The third kappa shape index (κ3) is 4.51. The van der Waals surface area contributed by atoms with E-state index in [1.165, 1.54) is 11.8 Å². The van der Waals surface area contributed by atoms with Crippen molar-refractivity contribution < 1.29 is 9.21 Å². The molecule has 1 unspecified atom stereocenters. The lowest BCUT2D eigenvalue weighted by atomic mass is 10.2. The maximum Gasteiger partial charge on any atom is 0.237 e. The van der Waals surface area contributed by atoms with Gasteiger partial charge in [-0.1, -0.05) is 39.8 Å². The molecule has 0 saturated heterocycles. The van der Waals surface area contributed by atoms with Gasteiger partial charge in [-0.05, 0) is 38.1 Å². The van der Waals surface area contributed by atoms with Crippen LogP contribution in [-0.2, 0) is 11.3 Å². The minimum Gasteiger partial charge on any atom is -0.469 e. The van der Waals surface area contributed by atoms with Crippen LogP contribution in [0.25, 0.3) is 11.4 Å². The van der Waals surface area contributed by atoms with Gasteiger partial charge in [-0.3, -0.25) is 9.36 Å². The Bertz CT molecular complexity index is 966. The smallest absolute Gasteiger partial charge is 0.237 e. The minimum absolute atomic E-state index is 0.104. The number of benzene rings is 1. The molecule has 3 aromatic rings. The van der Waals surface area contributed by atoms with Crippen molar-refractivity contribution >= 4 is 39.3 Å². The Hall–Kier alpha value is -2.32. The van der Waals surface area contributed by atoms with Crippen LogP contribution in [-0.4, -0.2) is 25.9 Å². The summed E-state index contributed by atoms with van der Waals surface area (Å²) in [5.41, 5.74) is 1.62. The van der Waals surface area contributed by atoms with E-state index in [4.69, 9.17) is 4.42 Å². The number of anilines is 1. The molecule has 0 spiro atoms. The van der Waals surface area contributed by atoms with Crippen molar-refractivity contribution in [2.24, 2.45) is 0 Å². The number of carbonyl (C=O) groups excluding carboxylic acids is 1. The molecule has 2 heterocycles. The van der Waals surface area contributed by atoms with Crippen LogP contribution in [0.15, 0.2) is 63.3 Å². The van der Waals surface area contributed by atoms with Crippen LogP contribution >= 0.6 is 27.7 Å². The van der Waals surface area contributed by atoms with E-state index in [0.29, 0.717) is 17.5 Å². The van der Waals surface area contributed by atoms with Gasteiger partial charge < -0.3 is 9.73 Å². The van der Waals surface area contributed by atoms with E-state index in [0.717, 1.165) is 21.5 Å². The van der Waals surface area contributed by atoms with Crippen LogP contribution in [0.5, 0.6) is 0 Å². The van der Waals surface area contributed by atoms with Crippen molar-refractivity contribution in [1.82, 2.24) is 14.8 Å². The lowest BCUT2D eigenvalue weighted by molar-refractivity contribution is -0.115. The Morgan fingerprint density at radius 2 is 2.26 bits per heavy atom. The van der Waals surface area contributed by atoms with E-state index >= 15 is 0 Å². The second-order valence-electron chi connectivity index (χ2n) is 5.86. The highest BCUT2D eigenvalue weighted by Gasteiger charge is 2.21. The molecule has 1 amide bonds. The molecule has 140 valence electrons. The largest absolute Gasteiger partial charge is 0.469 e. The summed E-state index contributed by atoms with van der Waals surface area (Å²) in [4.78, 5) is 12.5. The van der Waals surface area contributed by atoms with Crippen molar-refractivity contribution in [3.05, 3.63) is 59.5 Å². The number of aromatic nitrogens is 3. The van der Waals surface area contributed by atoms with Gasteiger partial charge >= 0.3 is 0 Å². The molecule has 8 heteroatoms. The number of hydrogen-bond donors (Lipinski definition) is 1. The molecular formula is C19H19BrN4O2S. The number of aryl methyl sites for hydroxylation is 1. The van der Waals surface area contributed by atoms with Gasteiger partial charge in [0, 0.05) is 16.7 Å². The first kappa shape index (κ1) is 19.4. The van der Waals surface area contributed by atoms with Crippen LogP contribution in [0.4, 0.5) is 5.69 Å². The van der Waals surface area contributed by atoms with E-state index in [2.05, 4.69) is 38.0 Å². The number of allylic oxidation sites excluding steroid dienone is 1. The van der Waals surface area contributed by atoms with Crippen molar-refractivity contribution in [2.45, 2.75) is 30.8 Å². The fourth-order valence-electron chi connectivity index (χ4n) is 2.51. The highest BCUT2D eigenvalue weighted by Crippen LogP contribution is 2.29. The zero-order chi connectivity index (χ0) is 19.4. The van der Waals surface area contributed by atoms with E-state index in [1.54, 1.807) is 12.3 Å². The van der Waals surface area contributed by atoms with Gasteiger partial charge in [-0.15, -0.1) is 16.8 Å². The number of thioether (sulfide) groups is 1. The normalized spacial score (nSPS) is 12.0. The molecule has 1 atom stereocenters. The number of rotatable bonds is 7. The first-order chi connectivity index (χ1) is 13.0. The summed E-state index contributed by atoms with van der Waals surface area (Å²) in [7, 11) is 0. The maximum atomic E-state index is 12.5. The number of amides is 1. The lowest BCUT2D eigenvalue weighted by Crippen LogP contribution is -2.23. The summed E-state index contributed by atoms with van der Waals surface area (Å²) in [6.45, 7) is 8.06. The van der Waals surface area contributed by atoms with Gasteiger partial charge in [0.05, 0.1) is 17.1 Å². The van der Waals surface area contributed by atoms with Gasteiger partial charge in [0.15, 0.2) is 11.0 Å². The Kier molecular flexibility index (Phi) is 6.18. The zero-order valence-electron chi connectivity index (χ0n) is 15.0. The summed E-state index contributed by atoms with van der Waals surface area (Å²) in [6.07, 6.45) is 3.40. The molecule has 6 nitrogen and oxygen atoms in total. The summed E-state index contributed by atoms with van der Waals surface area (Å²) in [5.74, 6) is 1.36. The molecule has 0 aliphatic heterocycles. The van der Waals surface area contributed by atoms with E-state index in [9.17, 15) is 4.79 Å². The summed E-state index contributed by atoms with van der Waals surface area (Å²) in [6, 6.07) is 9.34. The van der Waals surface area contributed by atoms with E-state index < -0.39 is 0 Å². The van der Waals surface area contributed by atoms with Gasteiger partial charge in [0.2, 0.25) is 5.91 Å². The number of nitrogens with zero attached hydrogens (tertiary/aromatic N) is 3. The van der Waals surface area contributed by atoms with Crippen LogP contribution in [0.3, 0.4) is 0 Å². The zero-order valence-corrected chi connectivity index (χ0v) is 17.4. The van der Waals surface area contributed by atoms with Crippen molar-refractivity contribution in [3.63, 3.8) is 0 Å². The Labute approximate surface area is 170 Å². The van der Waals surface area contributed by atoms with Crippen molar-refractivity contribution in [1.29, 1.82) is 0 Å². The quantitative estimate of drug-likeness (QED) is 0.412. The predicted molar refractivity (Wildman–Crippen MR) is 111 cm³/mol. The number of furan rings is 1. The highest BCUT2D eigenvalue weighted by atomic mass is 79.9. The number of nitrogens with one attached hydrogen (secondary N) is 1. The first-order valence-corrected chi connectivity index (χ1v) is 9.98. The maximum absolute atomic E-state index is 12.5. The van der Waals surface area contributed by atoms with E-state index in [-0.39, 0.29) is 11.2 Å². The van der Waals surface area contributed by atoms with Crippen LogP contribution in [0.2, 0.25) is 0 Å². The predicted octanol–water partition coefficient (Wildman–Crippen LogP) is 4.91. The topological polar surface area (TPSA) is 73.0 Å². The third-order valence-corrected chi connectivity index (χ3v) is 5.45. The molecule has 0 aliphatic rings. The molecule has 1 N–H and O–H groups in total. The number of halogens is 1. The molecule has 1 aromatic carbocycles. The summed E-state index contributed by atoms with van der Waals surface area (Å²) < 4.78 is 8.21. The highest BCUT2D eigenvalue weighted by molar-refractivity contribution is 9.10. The van der Waals surface area contributed by atoms with E-state index in [1.807, 2.05) is 48.7 Å². The Morgan fingerprint density at radius 1 is 1.44 bits per heavy atom. The second kappa shape index (κ2) is 8.58. The van der Waals surface area contributed by atoms with Crippen LogP contribution in [0.1, 0.15) is 12.7 Å². The number of hydrogen-bond acceptors (Lipinski definition) is 5. The molecule has 0 aliphatic carbocycles. The fraction of sp³-hybridized carbons (Fsp3) is 0.211. The van der Waals surface area contributed by atoms with Crippen LogP contribution in [0, 0.1) is 6.92 Å². The van der Waals surface area contributed by atoms with Crippen LogP contribution < -0.4 is 5.32 Å². The van der Waals surface area contributed by atoms with Gasteiger partial charge in [0.25, 0.3) is 0 Å². The monoisotopic (exact) mass is 446 g/mol. The average Bonchev–Trinajstić information content (AvgIpc) is 3.21. The number of carbonyl (C=O) groups is 1. The minimum atomic E-state index is -0.352. The van der Waals surface area contributed by atoms with Gasteiger partial charge in [-0.2, -0.15) is 0 Å². The van der Waals surface area contributed by atoms with Gasteiger partial charge in [-0.25, -0.2) is 0 Å². The molecule has 0 fully saturated rings. The Morgan fingerprint density at radius 3 is 2.93 bits per heavy atom. The third-order valence-electron chi connectivity index (χ3n) is 3.87. The SMILES string of the molecule is C=CCn1c(SC(C)C(=O)Nc2cccc(Br)c2)nnc1-c1ccoc1C.